The van der Waals surface area contributed by atoms with Gasteiger partial charge in [0, 0.05) is 12.1 Å². The van der Waals surface area contributed by atoms with Crippen molar-refractivity contribution in [2.24, 2.45) is 5.10 Å². The zero-order valence-electron chi connectivity index (χ0n) is 14.0. The van der Waals surface area contributed by atoms with E-state index in [0.717, 1.165) is 11.1 Å². The highest BCUT2D eigenvalue weighted by Crippen LogP contribution is 2.18. The largest absolute Gasteiger partial charge is 0.470 e. The maximum Gasteiger partial charge on any atom is 0.277 e. The predicted molar refractivity (Wildman–Crippen MR) is 98.6 cm³/mol. The first kappa shape index (κ1) is 17.6. The number of nitrogens with zero attached hydrogens (tertiary/aromatic N) is 4. The van der Waals surface area contributed by atoms with Crippen LogP contribution in [0.4, 0.5) is 0 Å². The number of hydrogen-bond donors (Lipinski definition) is 1. The Morgan fingerprint density at radius 1 is 1.23 bits per heavy atom. The number of benzene rings is 2. The Hall–Kier alpha value is -3.19. The molecule has 7 nitrogen and oxygen atoms in total. The number of carbonyl (C=O) groups excluding carboxylic acids is 1. The van der Waals surface area contributed by atoms with Crippen LogP contribution in [-0.4, -0.2) is 34.3 Å². The zero-order chi connectivity index (χ0) is 18.4. The van der Waals surface area contributed by atoms with Gasteiger partial charge in [-0.3, -0.25) is 4.79 Å². The van der Waals surface area contributed by atoms with E-state index in [1.54, 1.807) is 18.3 Å². The van der Waals surface area contributed by atoms with E-state index in [1.807, 2.05) is 42.5 Å². The Morgan fingerprint density at radius 2 is 1.96 bits per heavy atom. The minimum atomic E-state index is -0.402. The fourth-order valence-electron chi connectivity index (χ4n) is 2.12. The molecule has 0 saturated carbocycles. The number of halogens is 1. The molecule has 0 aliphatic rings. The molecule has 1 aromatic heterocycles. The second kappa shape index (κ2) is 8.26. The van der Waals surface area contributed by atoms with Gasteiger partial charge in [-0.15, -0.1) is 5.10 Å². The molecule has 0 atom stereocenters. The first-order chi connectivity index (χ1) is 12.7. The Labute approximate surface area is 155 Å². The number of rotatable bonds is 6. The zero-order valence-corrected chi connectivity index (χ0v) is 14.7. The molecule has 0 radical (unpaired) electrons. The van der Waals surface area contributed by atoms with E-state index in [9.17, 15) is 4.79 Å². The summed E-state index contributed by atoms with van der Waals surface area (Å²) in [5, 5.41) is 15.1. The van der Waals surface area contributed by atoms with Crippen molar-refractivity contribution in [3.63, 3.8) is 0 Å². The summed E-state index contributed by atoms with van der Waals surface area (Å²) in [6.45, 7) is 0.259. The van der Waals surface area contributed by atoms with Crippen LogP contribution in [0.15, 0.2) is 59.7 Å². The molecule has 0 aliphatic heterocycles. The topological polar surface area (TPSA) is 81.4 Å². The van der Waals surface area contributed by atoms with Crippen LogP contribution in [0.1, 0.15) is 21.6 Å². The lowest BCUT2D eigenvalue weighted by Gasteiger charge is -2.07. The van der Waals surface area contributed by atoms with Crippen LogP contribution >= 0.6 is 11.6 Å². The third-order valence-electron chi connectivity index (χ3n) is 3.46. The van der Waals surface area contributed by atoms with Gasteiger partial charge in [0.2, 0.25) is 5.69 Å². The summed E-state index contributed by atoms with van der Waals surface area (Å²) < 4.78 is 5.77. The van der Waals surface area contributed by atoms with Crippen molar-refractivity contribution in [2.75, 3.05) is 7.05 Å². The second-order valence-corrected chi connectivity index (χ2v) is 5.72. The van der Waals surface area contributed by atoms with Crippen LogP contribution < -0.4 is 10.1 Å². The van der Waals surface area contributed by atoms with Crippen LogP contribution in [0.2, 0.25) is 5.02 Å². The molecule has 132 valence electrons. The van der Waals surface area contributed by atoms with Gasteiger partial charge in [-0.2, -0.15) is 5.10 Å². The van der Waals surface area contributed by atoms with Gasteiger partial charge in [0.15, 0.2) is 0 Å². The molecule has 1 amide bonds. The smallest absolute Gasteiger partial charge is 0.277 e. The SMILES string of the molecule is CNC(=O)c1nnn(N=Cc2ccc(Cl)cc2)c1OCc1ccccc1. The Kier molecular flexibility index (Phi) is 5.60. The van der Waals surface area contributed by atoms with Crippen molar-refractivity contribution < 1.29 is 9.53 Å². The first-order valence-corrected chi connectivity index (χ1v) is 8.19. The van der Waals surface area contributed by atoms with Crippen molar-refractivity contribution in [3.8, 4) is 5.88 Å². The quantitative estimate of drug-likeness (QED) is 0.677. The van der Waals surface area contributed by atoms with Crippen LogP contribution in [0.3, 0.4) is 0 Å². The summed E-state index contributed by atoms with van der Waals surface area (Å²) >= 11 is 5.87. The lowest BCUT2D eigenvalue weighted by molar-refractivity contribution is 0.0953. The standard InChI is InChI=1S/C18H16ClN5O2/c1-20-17(25)16-18(26-12-14-5-3-2-4-6-14)24(23-22-16)21-11-13-7-9-15(19)10-8-13/h2-11H,12H2,1H3,(H,20,25). The highest BCUT2D eigenvalue weighted by molar-refractivity contribution is 6.30. The molecule has 3 rings (SSSR count). The first-order valence-electron chi connectivity index (χ1n) is 7.82. The highest BCUT2D eigenvalue weighted by atomic mass is 35.5. The van der Waals surface area contributed by atoms with E-state index >= 15 is 0 Å². The monoisotopic (exact) mass is 369 g/mol. The number of hydrogen-bond acceptors (Lipinski definition) is 5. The second-order valence-electron chi connectivity index (χ2n) is 5.28. The van der Waals surface area contributed by atoms with Crippen LogP contribution in [0.25, 0.3) is 0 Å². The van der Waals surface area contributed by atoms with Gasteiger partial charge in [-0.1, -0.05) is 58.9 Å². The normalized spacial score (nSPS) is 10.8. The van der Waals surface area contributed by atoms with Crippen molar-refractivity contribution in [2.45, 2.75) is 6.61 Å². The number of aromatic nitrogens is 3. The van der Waals surface area contributed by atoms with Crippen molar-refractivity contribution >= 4 is 23.7 Å². The molecule has 0 bridgehead atoms. The van der Waals surface area contributed by atoms with Gasteiger partial charge in [0.05, 0.1) is 6.21 Å². The van der Waals surface area contributed by atoms with Gasteiger partial charge >= 0.3 is 0 Å². The Morgan fingerprint density at radius 3 is 2.65 bits per heavy atom. The van der Waals surface area contributed by atoms with E-state index in [-0.39, 0.29) is 18.2 Å². The maximum absolute atomic E-state index is 12.0. The van der Waals surface area contributed by atoms with Gasteiger partial charge in [0.25, 0.3) is 11.8 Å². The molecular formula is C18H16ClN5O2. The predicted octanol–water partition coefficient (Wildman–Crippen LogP) is 2.75. The van der Waals surface area contributed by atoms with Crippen LogP contribution in [-0.2, 0) is 6.61 Å². The van der Waals surface area contributed by atoms with Gasteiger partial charge in [-0.05, 0) is 28.5 Å². The molecule has 0 spiro atoms. The molecule has 0 unspecified atom stereocenters. The third kappa shape index (κ3) is 4.25. The molecule has 0 aliphatic carbocycles. The summed E-state index contributed by atoms with van der Waals surface area (Å²) in [5.74, 6) is -0.237. The molecule has 1 heterocycles. The van der Waals surface area contributed by atoms with Crippen molar-refractivity contribution in [1.29, 1.82) is 0 Å². The molecule has 8 heteroatoms. The summed E-state index contributed by atoms with van der Waals surface area (Å²) in [6, 6.07) is 16.7. The molecule has 2 aromatic carbocycles. The van der Waals surface area contributed by atoms with E-state index < -0.39 is 5.91 Å². The van der Waals surface area contributed by atoms with E-state index in [0.29, 0.717) is 5.02 Å². The summed E-state index contributed by atoms with van der Waals surface area (Å²) in [4.78, 5) is 13.2. The van der Waals surface area contributed by atoms with E-state index in [1.165, 1.54) is 11.8 Å². The summed E-state index contributed by atoms with van der Waals surface area (Å²) in [5.41, 5.74) is 1.84. The van der Waals surface area contributed by atoms with Crippen molar-refractivity contribution in [3.05, 3.63) is 76.4 Å². The Bertz CT molecular complexity index is 907. The fraction of sp³-hybridized carbons (Fsp3) is 0.111. The van der Waals surface area contributed by atoms with Gasteiger partial charge in [0.1, 0.15) is 6.61 Å². The summed E-state index contributed by atoms with van der Waals surface area (Å²) in [6.07, 6.45) is 1.58. The van der Waals surface area contributed by atoms with Crippen molar-refractivity contribution in [1.82, 2.24) is 20.4 Å². The minimum Gasteiger partial charge on any atom is -0.470 e. The number of amides is 1. The number of ether oxygens (including phenoxy) is 1. The molecule has 26 heavy (non-hydrogen) atoms. The molecular weight excluding hydrogens is 354 g/mol. The fourth-order valence-corrected chi connectivity index (χ4v) is 2.25. The third-order valence-corrected chi connectivity index (χ3v) is 3.71. The summed E-state index contributed by atoms with van der Waals surface area (Å²) in [7, 11) is 1.51. The van der Waals surface area contributed by atoms with E-state index in [4.69, 9.17) is 16.3 Å². The van der Waals surface area contributed by atoms with Crippen LogP contribution in [0, 0.1) is 0 Å². The number of carbonyl (C=O) groups is 1. The van der Waals surface area contributed by atoms with Crippen LogP contribution in [0.5, 0.6) is 5.88 Å². The average molecular weight is 370 g/mol. The molecule has 1 N–H and O–H groups in total. The minimum absolute atomic E-state index is 0.0664. The lowest BCUT2D eigenvalue weighted by Crippen LogP contribution is -2.19. The molecule has 3 aromatic rings. The average Bonchev–Trinajstić information content (AvgIpc) is 3.09. The number of nitrogens with one attached hydrogen (secondary N) is 1. The lowest BCUT2D eigenvalue weighted by atomic mass is 10.2. The maximum atomic E-state index is 12.0. The molecule has 0 fully saturated rings. The van der Waals surface area contributed by atoms with E-state index in [2.05, 4.69) is 20.7 Å². The highest BCUT2D eigenvalue weighted by Gasteiger charge is 2.20. The van der Waals surface area contributed by atoms with Gasteiger partial charge in [-0.25, -0.2) is 0 Å². The van der Waals surface area contributed by atoms with Gasteiger partial charge < -0.3 is 10.1 Å². The molecule has 0 saturated heterocycles. The Balaban J connectivity index is 1.85.